The van der Waals surface area contributed by atoms with Gasteiger partial charge in [-0.25, -0.2) is 8.42 Å². The monoisotopic (exact) mass is 526 g/mol. The Labute approximate surface area is 218 Å². The molecule has 3 aromatic rings. The molecule has 1 aliphatic rings. The molecule has 0 heterocycles. The van der Waals surface area contributed by atoms with Crippen molar-refractivity contribution in [1.82, 2.24) is 5.32 Å². The first-order valence-electron chi connectivity index (χ1n) is 12.2. The van der Waals surface area contributed by atoms with Gasteiger partial charge in [0, 0.05) is 0 Å². The van der Waals surface area contributed by atoms with E-state index in [9.17, 15) is 13.2 Å². The molecule has 0 saturated heterocycles. The van der Waals surface area contributed by atoms with Crippen LogP contribution in [0.5, 0.6) is 5.75 Å². The van der Waals surface area contributed by atoms with Crippen molar-refractivity contribution >= 4 is 33.2 Å². The number of hydrogen-bond donors (Lipinski definition) is 1. The lowest BCUT2D eigenvalue weighted by Gasteiger charge is -2.26. The summed E-state index contributed by atoms with van der Waals surface area (Å²) in [7, 11) is -2.55. The number of hydrogen-bond acceptors (Lipinski definition) is 4. The summed E-state index contributed by atoms with van der Waals surface area (Å²) in [5, 5.41) is 3.30. The molecule has 0 aromatic heterocycles. The molecule has 190 valence electrons. The molecule has 0 bridgehead atoms. The van der Waals surface area contributed by atoms with E-state index in [1.807, 2.05) is 6.92 Å². The summed E-state index contributed by atoms with van der Waals surface area (Å²) < 4.78 is 33.5. The molecule has 0 fully saturated rings. The maximum absolute atomic E-state index is 13.6. The minimum absolute atomic E-state index is 0.0893. The number of aryl methyl sites for hydroxylation is 2. The van der Waals surface area contributed by atoms with Crippen molar-refractivity contribution < 1.29 is 17.9 Å². The SMILES string of the molecule is CC[C@H](NC(=O)CN(c1ccc(OC)c(Cl)c1)S(=O)(=O)c1ccccc1)c1ccc2c(c1)CCCC2. The summed E-state index contributed by atoms with van der Waals surface area (Å²) in [6, 6.07) is 18.9. The van der Waals surface area contributed by atoms with Crippen LogP contribution in [0.25, 0.3) is 0 Å². The Balaban J connectivity index is 1.61. The van der Waals surface area contributed by atoms with Crippen LogP contribution in [0, 0.1) is 0 Å². The van der Waals surface area contributed by atoms with Crippen molar-refractivity contribution in [1.29, 1.82) is 0 Å². The lowest BCUT2D eigenvalue weighted by molar-refractivity contribution is -0.120. The van der Waals surface area contributed by atoms with Gasteiger partial charge in [-0.2, -0.15) is 0 Å². The summed E-state index contributed by atoms with van der Waals surface area (Å²) >= 11 is 6.30. The van der Waals surface area contributed by atoms with E-state index in [0.29, 0.717) is 12.2 Å². The van der Waals surface area contributed by atoms with Crippen molar-refractivity contribution in [3.05, 3.63) is 88.4 Å². The molecular formula is C28H31ClN2O4S. The topological polar surface area (TPSA) is 75.7 Å². The van der Waals surface area contributed by atoms with Crippen LogP contribution >= 0.6 is 11.6 Å². The Morgan fingerprint density at radius 3 is 2.42 bits per heavy atom. The lowest BCUT2D eigenvalue weighted by Crippen LogP contribution is -2.42. The van der Waals surface area contributed by atoms with Crippen LogP contribution in [0.2, 0.25) is 5.02 Å². The number of rotatable bonds is 9. The zero-order valence-electron chi connectivity index (χ0n) is 20.5. The highest BCUT2D eigenvalue weighted by Gasteiger charge is 2.28. The van der Waals surface area contributed by atoms with Gasteiger partial charge in [-0.15, -0.1) is 0 Å². The van der Waals surface area contributed by atoms with Crippen LogP contribution in [0.1, 0.15) is 48.9 Å². The second-order valence-corrected chi connectivity index (χ2v) is 11.2. The summed E-state index contributed by atoms with van der Waals surface area (Å²) in [5.74, 6) is 0.0198. The number of anilines is 1. The molecule has 0 saturated carbocycles. The molecule has 0 unspecified atom stereocenters. The first-order chi connectivity index (χ1) is 17.3. The molecule has 1 amide bonds. The number of sulfonamides is 1. The number of carbonyl (C=O) groups excluding carboxylic acids is 1. The number of halogens is 1. The van der Waals surface area contributed by atoms with Gasteiger partial charge >= 0.3 is 0 Å². The zero-order chi connectivity index (χ0) is 25.7. The molecular weight excluding hydrogens is 496 g/mol. The Morgan fingerprint density at radius 1 is 1.03 bits per heavy atom. The molecule has 36 heavy (non-hydrogen) atoms. The Bertz CT molecular complexity index is 1330. The van der Waals surface area contributed by atoms with Crippen molar-refractivity contribution in [2.24, 2.45) is 0 Å². The molecule has 1 atom stereocenters. The van der Waals surface area contributed by atoms with E-state index < -0.39 is 15.9 Å². The Kier molecular flexibility index (Phi) is 8.21. The van der Waals surface area contributed by atoms with E-state index in [0.717, 1.165) is 22.7 Å². The van der Waals surface area contributed by atoms with Crippen LogP contribution < -0.4 is 14.4 Å². The van der Waals surface area contributed by atoms with Crippen LogP contribution in [0.3, 0.4) is 0 Å². The first kappa shape index (κ1) is 26.0. The highest BCUT2D eigenvalue weighted by molar-refractivity contribution is 7.92. The lowest BCUT2D eigenvalue weighted by atomic mass is 9.89. The van der Waals surface area contributed by atoms with E-state index >= 15 is 0 Å². The molecule has 6 nitrogen and oxygen atoms in total. The fraction of sp³-hybridized carbons (Fsp3) is 0.321. The largest absolute Gasteiger partial charge is 0.495 e. The third kappa shape index (κ3) is 5.68. The second-order valence-electron chi connectivity index (χ2n) is 8.91. The van der Waals surface area contributed by atoms with Crippen LogP contribution in [0.15, 0.2) is 71.6 Å². The smallest absolute Gasteiger partial charge is 0.264 e. The standard InChI is InChI=1S/C28H31ClN2O4S/c1-3-26(22-14-13-20-9-7-8-10-21(20)17-22)30-28(32)19-31(23-15-16-27(35-2)25(29)18-23)36(33,34)24-11-5-4-6-12-24/h4-6,11-18,26H,3,7-10,19H2,1-2H3,(H,30,32)/t26-/m0/s1. The highest BCUT2D eigenvalue weighted by atomic mass is 35.5. The van der Waals surface area contributed by atoms with Gasteiger partial charge in [-0.05, 0) is 79.1 Å². The van der Waals surface area contributed by atoms with Gasteiger partial charge in [-0.1, -0.05) is 54.9 Å². The van der Waals surface area contributed by atoms with Crippen molar-refractivity contribution in [3.63, 3.8) is 0 Å². The van der Waals surface area contributed by atoms with Crippen LogP contribution in [-0.4, -0.2) is 28.0 Å². The summed E-state index contributed by atoms with van der Waals surface area (Å²) in [6.45, 7) is 1.62. The van der Waals surface area contributed by atoms with Crippen LogP contribution in [0.4, 0.5) is 5.69 Å². The molecule has 0 aliphatic heterocycles. The van der Waals surface area contributed by atoms with E-state index in [-0.39, 0.29) is 28.2 Å². The third-order valence-electron chi connectivity index (χ3n) is 6.56. The van der Waals surface area contributed by atoms with Gasteiger partial charge in [-0.3, -0.25) is 9.10 Å². The van der Waals surface area contributed by atoms with Crippen molar-refractivity contribution in [2.75, 3.05) is 18.0 Å². The Morgan fingerprint density at radius 2 is 1.75 bits per heavy atom. The number of carbonyl (C=O) groups is 1. The number of fused-ring (bicyclic) bond motifs is 1. The maximum Gasteiger partial charge on any atom is 0.264 e. The fourth-order valence-corrected chi connectivity index (χ4v) is 6.29. The number of amides is 1. The number of nitrogens with zero attached hydrogens (tertiary/aromatic N) is 1. The van der Waals surface area contributed by atoms with E-state index in [2.05, 4.69) is 23.5 Å². The molecule has 1 aliphatic carbocycles. The quantitative estimate of drug-likeness (QED) is 0.388. The summed E-state index contributed by atoms with van der Waals surface area (Å²) in [6.07, 6.45) is 5.21. The summed E-state index contributed by atoms with van der Waals surface area (Å²) in [4.78, 5) is 13.4. The van der Waals surface area contributed by atoms with Crippen molar-refractivity contribution in [2.45, 2.75) is 50.0 Å². The molecule has 0 spiro atoms. The molecule has 4 rings (SSSR count). The predicted molar refractivity (Wildman–Crippen MR) is 143 cm³/mol. The predicted octanol–water partition coefficient (Wildman–Crippen LogP) is 5.69. The van der Waals surface area contributed by atoms with Gasteiger partial charge in [0.2, 0.25) is 5.91 Å². The zero-order valence-corrected chi connectivity index (χ0v) is 22.1. The Hall–Kier alpha value is -3.03. The van der Waals surface area contributed by atoms with Gasteiger partial charge in [0.05, 0.1) is 28.8 Å². The number of methoxy groups -OCH3 is 1. The fourth-order valence-electron chi connectivity index (χ4n) is 4.61. The molecule has 3 aromatic carbocycles. The van der Waals surface area contributed by atoms with Gasteiger partial charge in [0.15, 0.2) is 0 Å². The maximum atomic E-state index is 13.6. The normalized spacial score (nSPS) is 14.0. The van der Waals surface area contributed by atoms with E-state index in [1.54, 1.807) is 30.3 Å². The second kappa shape index (κ2) is 11.4. The van der Waals surface area contributed by atoms with E-state index in [1.165, 1.54) is 49.3 Å². The van der Waals surface area contributed by atoms with E-state index in [4.69, 9.17) is 16.3 Å². The first-order valence-corrected chi connectivity index (χ1v) is 14.0. The van der Waals surface area contributed by atoms with Gasteiger partial charge < -0.3 is 10.1 Å². The molecule has 0 radical (unpaired) electrons. The summed E-state index contributed by atoms with van der Waals surface area (Å²) in [5.41, 5.74) is 4.04. The average molecular weight is 527 g/mol. The number of ether oxygens (including phenoxy) is 1. The third-order valence-corrected chi connectivity index (χ3v) is 8.64. The minimum Gasteiger partial charge on any atom is -0.495 e. The molecule has 1 N–H and O–H groups in total. The number of nitrogens with one attached hydrogen (secondary N) is 1. The highest BCUT2D eigenvalue weighted by Crippen LogP contribution is 2.32. The van der Waals surface area contributed by atoms with Crippen LogP contribution in [-0.2, 0) is 27.7 Å². The minimum atomic E-state index is -4.03. The number of benzene rings is 3. The molecule has 8 heteroatoms. The van der Waals surface area contributed by atoms with Gasteiger partial charge in [0.1, 0.15) is 12.3 Å². The van der Waals surface area contributed by atoms with Crippen molar-refractivity contribution in [3.8, 4) is 5.75 Å². The average Bonchev–Trinajstić information content (AvgIpc) is 2.90. The van der Waals surface area contributed by atoms with Gasteiger partial charge in [0.25, 0.3) is 10.0 Å².